The number of ether oxygens (including phenoxy) is 2. The Morgan fingerprint density at radius 3 is 2.55 bits per heavy atom. The molecule has 1 aromatic heterocycles. The number of hydrogen-bond acceptors (Lipinski definition) is 4. The zero-order valence-corrected chi connectivity index (χ0v) is 18.4. The van der Waals surface area contributed by atoms with Crippen LogP contribution in [0.1, 0.15) is 23.0 Å². The summed E-state index contributed by atoms with van der Waals surface area (Å²) in [5.41, 5.74) is 2.13. The second-order valence-corrected chi connectivity index (χ2v) is 7.63. The number of anilines is 1. The van der Waals surface area contributed by atoms with Gasteiger partial charge in [0.2, 0.25) is 0 Å². The zero-order chi connectivity index (χ0) is 23.4. The van der Waals surface area contributed by atoms with Crippen LogP contribution in [-0.2, 0) is 16.0 Å². The topological polar surface area (TPSA) is 80.4 Å². The van der Waals surface area contributed by atoms with E-state index in [1.54, 1.807) is 31.2 Å². The molecule has 33 heavy (non-hydrogen) atoms. The van der Waals surface area contributed by atoms with Gasteiger partial charge in [0, 0.05) is 22.7 Å². The van der Waals surface area contributed by atoms with Gasteiger partial charge in [-0.2, -0.15) is 0 Å². The number of amides is 1. The third kappa shape index (κ3) is 5.32. The second-order valence-electron chi connectivity index (χ2n) is 7.22. The molecule has 4 rings (SSSR count). The summed E-state index contributed by atoms with van der Waals surface area (Å²) in [4.78, 5) is 27.2. The lowest BCUT2D eigenvalue weighted by Gasteiger charge is -2.11. The van der Waals surface area contributed by atoms with E-state index in [0.29, 0.717) is 17.9 Å². The Labute approximate surface area is 194 Å². The van der Waals surface area contributed by atoms with Crippen LogP contribution in [0.2, 0.25) is 5.02 Å². The maximum absolute atomic E-state index is 14.6. The summed E-state index contributed by atoms with van der Waals surface area (Å²) in [6.45, 7) is 2.03. The lowest BCUT2D eigenvalue weighted by atomic mass is 10.1. The number of nitrogens with one attached hydrogen (secondary N) is 2. The molecule has 0 fully saturated rings. The van der Waals surface area contributed by atoms with E-state index in [1.807, 2.05) is 24.3 Å². The molecule has 0 aliphatic rings. The highest BCUT2D eigenvalue weighted by Gasteiger charge is 2.14. The van der Waals surface area contributed by atoms with Crippen LogP contribution in [0.4, 0.5) is 10.1 Å². The van der Waals surface area contributed by atoms with Crippen LogP contribution in [0.5, 0.6) is 11.5 Å². The van der Waals surface area contributed by atoms with Crippen LogP contribution in [0.15, 0.2) is 66.7 Å². The van der Waals surface area contributed by atoms with Gasteiger partial charge in [-0.05, 0) is 48.9 Å². The number of esters is 1. The molecular weight excluding hydrogens is 447 g/mol. The summed E-state index contributed by atoms with van der Waals surface area (Å²) in [6.07, 6.45) is 0.0764. The molecule has 6 nitrogen and oxygen atoms in total. The van der Waals surface area contributed by atoms with Crippen LogP contribution in [0, 0.1) is 5.82 Å². The van der Waals surface area contributed by atoms with Gasteiger partial charge in [0.15, 0.2) is 11.6 Å². The number of aromatic amines is 1. The monoisotopic (exact) mass is 466 g/mol. The van der Waals surface area contributed by atoms with E-state index in [2.05, 4.69) is 10.3 Å². The number of carbonyl (C=O) groups is 2. The van der Waals surface area contributed by atoms with Gasteiger partial charge in [-0.25, -0.2) is 4.39 Å². The predicted octanol–water partition coefficient (Wildman–Crippen LogP) is 6.11. The zero-order valence-electron chi connectivity index (χ0n) is 17.7. The quantitative estimate of drug-likeness (QED) is 0.322. The maximum Gasteiger partial charge on any atom is 0.310 e. The van der Waals surface area contributed by atoms with Crippen molar-refractivity contribution in [2.45, 2.75) is 13.3 Å². The Balaban J connectivity index is 1.44. The standard InChI is InChI=1S/C25H20ClFN2O4/c1-2-32-24(30)12-15-7-9-22(18(26)11-15)33-23-10-8-17(14-19(23)27)28-25(31)21-13-16-5-3-4-6-20(16)29-21/h3-11,13-14,29H,2,12H2,1H3,(H,28,31). The molecule has 2 N–H and O–H groups in total. The molecule has 0 aliphatic heterocycles. The SMILES string of the molecule is CCOC(=O)Cc1ccc(Oc2ccc(NC(=O)c3cc4ccccc4[nH]3)cc2F)c(Cl)c1. The number of halogens is 2. The van der Waals surface area contributed by atoms with Crippen LogP contribution >= 0.6 is 11.6 Å². The third-order valence-corrected chi connectivity index (χ3v) is 5.13. The van der Waals surface area contributed by atoms with Crippen molar-refractivity contribution in [1.82, 2.24) is 4.98 Å². The van der Waals surface area contributed by atoms with Crippen LogP contribution in [0.3, 0.4) is 0 Å². The molecule has 0 atom stereocenters. The number of para-hydroxylation sites is 1. The number of benzene rings is 3. The molecule has 8 heteroatoms. The molecule has 168 valence electrons. The van der Waals surface area contributed by atoms with Gasteiger partial charge in [-0.3, -0.25) is 9.59 Å². The Kier molecular flexibility index (Phi) is 6.60. The minimum absolute atomic E-state index is 0.0568. The van der Waals surface area contributed by atoms with Crippen molar-refractivity contribution in [1.29, 1.82) is 0 Å². The fourth-order valence-electron chi connectivity index (χ4n) is 3.29. The first-order valence-electron chi connectivity index (χ1n) is 10.2. The number of fused-ring (bicyclic) bond motifs is 1. The number of aromatic nitrogens is 1. The Morgan fingerprint density at radius 1 is 1.03 bits per heavy atom. The number of H-pyrrole nitrogens is 1. The fraction of sp³-hybridized carbons (Fsp3) is 0.120. The van der Waals surface area contributed by atoms with E-state index in [1.165, 1.54) is 18.2 Å². The molecule has 4 aromatic rings. The van der Waals surface area contributed by atoms with Crippen molar-refractivity contribution >= 4 is 40.1 Å². The molecule has 3 aromatic carbocycles. The molecule has 0 bridgehead atoms. The molecule has 0 saturated heterocycles. The summed E-state index contributed by atoms with van der Waals surface area (Å²) in [6, 6.07) is 18.1. The first-order valence-corrected chi connectivity index (χ1v) is 10.6. The van der Waals surface area contributed by atoms with Crippen molar-refractivity contribution in [2.24, 2.45) is 0 Å². The second kappa shape index (κ2) is 9.75. The third-order valence-electron chi connectivity index (χ3n) is 4.83. The minimum atomic E-state index is -0.670. The van der Waals surface area contributed by atoms with Crippen molar-refractivity contribution in [3.05, 3.63) is 88.8 Å². The molecular formula is C25H20ClFN2O4. The van der Waals surface area contributed by atoms with E-state index in [4.69, 9.17) is 21.1 Å². The van der Waals surface area contributed by atoms with E-state index < -0.39 is 5.82 Å². The highest BCUT2D eigenvalue weighted by atomic mass is 35.5. The van der Waals surface area contributed by atoms with E-state index in [-0.39, 0.29) is 40.5 Å². The van der Waals surface area contributed by atoms with Crippen LogP contribution in [-0.4, -0.2) is 23.5 Å². The summed E-state index contributed by atoms with van der Waals surface area (Å²) in [7, 11) is 0. The lowest BCUT2D eigenvalue weighted by Crippen LogP contribution is -2.12. The van der Waals surface area contributed by atoms with Crippen molar-refractivity contribution in [3.8, 4) is 11.5 Å². The lowest BCUT2D eigenvalue weighted by molar-refractivity contribution is -0.142. The van der Waals surface area contributed by atoms with E-state index in [0.717, 1.165) is 10.9 Å². The van der Waals surface area contributed by atoms with Gasteiger partial charge < -0.3 is 19.8 Å². The first kappa shape index (κ1) is 22.4. The van der Waals surface area contributed by atoms with E-state index >= 15 is 0 Å². The van der Waals surface area contributed by atoms with Gasteiger partial charge in [0.05, 0.1) is 18.1 Å². The first-order chi connectivity index (χ1) is 15.9. The summed E-state index contributed by atoms with van der Waals surface area (Å²) in [5, 5.41) is 3.80. The van der Waals surface area contributed by atoms with Crippen LogP contribution < -0.4 is 10.1 Å². The van der Waals surface area contributed by atoms with Gasteiger partial charge >= 0.3 is 5.97 Å². The van der Waals surface area contributed by atoms with Gasteiger partial charge in [0.1, 0.15) is 11.4 Å². The molecule has 1 heterocycles. The average Bonchev–Trinajstić information content (AvgIpc) is 3.22. The fourth-order valence-corrected chi connectivity index (χ4v) is 3.53. The normalized spacial score (nSPS) is 10.8. The predicted molar refractivity (Wildman–Crippen MR) is 125 cm³/mol. The Hall–Kier alpha value is -3.84. The summed E-state index contributed by atoms with van der Waals surface area (Å²) >= 11 is 6.23. The van der Waals surface area contributed by atoms with Gasteiger partial charge in [-0.1, -0.05) is 35.9 Å². The molecule has 0 radical (unpaired) electrons. The maximum atomic E-state index is 14.6. The number of rotatable bonds is 7. The number of carbonyl (C=O) groups excluding carboxylic acids is 2. The smallest absolute Gasteiger partial charge is 0.310 e. The Bertz CT molecular complexity index is 1300. The highest BCUT2D eigenvalue weighted by Crippen LogP contribution is 2.32. The average molecular weight is 467 g/mol. The molecule has 1 amide bonds. The Morgan fingerprint density at radius 2 is 1.82 bits per heavy atom. The van der Waals surface area contributed by atoms with Gasteiger partial charge in [-0.15, -0.1) is 0 Å². The molecule has 0 saturated carbocycles. The highest BCUT2D eigenvalue weighted by molar-refractivity contribution is 6.32. The summed E-state index contributed by atoms with van der Waals surface area (Å²) < 4.78 is 25.1. The minimum Gasteiger partial charge on any atom is -0.466 e. The van der Waals surface area contributed by atoms with Crippen LogP contribution in [0.25, 0.3) is 10.9 Å². The number of hydrogen-bond donors (Lipinski definition) is 2. The van der Waals surface area contributed by atoms with Crippen molar-refractivity contribution < 1.29 is 23.5 Å². The largest absolute Gasteiger partial charge is 0.466 e. The van der Waals surface area contributed by atoms with Gasteiger partial charge in [0.25, 0.3) is 5.91 Å². The molecule has 0 aliphatic carbocycles. The molecule has 0 spiro atoms. The summed E-state index contributed by atoms with van der Waals surface area (Å²) in [5.74, 6) is -1.24. The van der Waals surface area contributed by atoms with Crippen molar-refractivity contribution in [2.75, 3.05) is 11.9 Å². The molecule has 0 unspecified atom stereocenters. The van der Waals surface area contributed by atoms with E-state index in [9.17, 15) is 14.0 Å². The van der Waals surface area contributed by atoms with Crippen molar-refractivity contribution in [3.63, 3.8) is 0 Å².